The van der Waals surface area contributed by atoms with Gasteiger partial charge in [0.25, 0.3) is 0 Å². The molecule has 7 nitrogen and oxygen atoms in total. The van der Waals surface area contributed by atoms with Crippen LogP contribution >= 0.6 is 0 Å². The van der Waals surface area contributed by atoms with E-state index in [4.69, 9.17) is 4.74 Å². The maximum Gasteiger partial charge on any atom is 0.342 e. The molecule has 0 aromatic heterocycles. The fourth-order valence-corrected chi connectivity index (χ4v) is 1.65. The van der Waals surface area contributed by atoms with Gasteiger partial charge in [0.2, 0.25) is 0 Å². The van der Waals surface area contributed by atoms with E-state index in [1.165, 1.54) is 33.5 Å². The molecule has 0 fully saturated rings. The summed E-state index contributed by atoms with van der Waals surface area (Å²) in [6, 6.07) is 2.58. The molecule has 1 aromatic carbocycles. The number of benzene rings is 1. The third-order valence-electron chi connectivity index (χ3n) is 2.56. The zero-order valence-corrected chi connectivity index (χ0v) is 11.5. The molecule has 0 heterocycles. The summed E-state index contributed by atoms with van der Waals surface area (Å²) >= 11 is 0. The lowest BCUT2D eigenvalue weighted by Crippen LogP contribution is -2.16. The van der Waals surface area contributed by atoms with E-state index in [-0.39, 0.29) is 22.4 Å². The van der Waals surface area contributed by atoms with Crippen molar-refractivity contribution in [1.29, 1.82) is 0 Å². The number of hydrogen-bond donors (Lipinski definition) is 0. The van der Waals surface area contributed by atoms with Crippen molar-refractivity contribution < 1.29 is 33.3 Å². The van der Waals surface area contributed by atoms with E-state index >= 15 is 0 Å². The van der Waals surface area contributed by atoms with Gasteiger partial charge in [-0.05, 0) is 12.1 Å². The molecule has 0 amide bonds. The number of carbonyl (C=O) groups is 3. The monoisotopic (exact) mass is 282 g/mol. The molecule has 1 aromatic rings. The number of ether oxygens (including phenoxy) is 4. The lowest BCUT2D eigenvalue weighted by Gasteiger charge is -2.14. The highest BCUT2D eigenvalue weighted by Crippen LogP contribution is 2.29. The summed E-state index contributed by atoms with van der Waals surface area (Å²) in [5, 5.41) is 0. The minimum atomic E-state index is -0.826. The lowest BCUT2D eigenvalue weighted by molar-refractivity contribution is 0.0548. The number of hydrogen-bond acceptors (Lipinski definition) is 7. The zero-order valence-electron chi connectivity index (χ0n) is 11.5. The van der Waals surface area contributed by atoms with E-state index in [0.29, 0.717) is 0 Å². The first-order valence-corrected chi connectivity index (χ1v) is 5.47. The van der Waals surface area contributed by atoms with Gasteiger partial charge in [0.1, 0.15) is 16.9 Å². The predicted molar refractivity (Wildman–Crippen MR) is 67.0 cm³/mol. The molecule has 0 bridgehead atoms. The van der Waals surface area contributed by atoms with Crippen molar-refractivity contribution in [3.63, 3.8) is 0 Å². The van der Waals surface area contributed by atoms with Crippen LogP contribution < -0.4 is 4.74 Å². The molecule has 1 rings (SSSR count). The van der Waals surface area contributed by atoms with Crippen LogP contribution in [0.4, 0.5) is 0 Å². The first-order chi connectivity index (χ1) is 9.51. The number of methoxy groups -OCH3 is 4. The summed E-state index contributed by atoms with van der Waals surface area (Å²) in [6.45, 7) is 0. The quantitative estimate of drug-likeness (QED) is 0.602. The van der Waals surface area contributed by atoms with Crippen molar-refractivity contribution in [3.8, 4) is 5.75 Å². The van der Waals surface area contributed by atoms with Gasteiger partial charge in [-0.15, -0.1) is 0 Å². The van der Waals surface area contributed by atoms with Crippen LogP contribution in [0.5, 0.6) is 5.75 Å². The molecule has 0 saturated carbocycles. The largest absolute Gasteiger partial charge is 0.495 e. The second kappa shape index (κ2) is 6.55. The molecule has 20 heavy (non-hydrogen) atoms. The number of rotatable bonds is 4. The first-order valence-electron chi connectivity index (χ1n) is 5.47. The van der Waals surface area contributed by atoms with Gasteiger partial charge in [-0.2, -0.15) is 0 Å². The SMILES string of the molecule is COC(=O)c1ccc(C(=O)OC)c(C(=O)OC)c1OC. The Hall–Kier alpha value is -2.57. The van der Waals surface area contributed by atoms with Gasteiger partial charge in [0, 0.05) is 0 Å². The van der Waals surface area contributed by atoms with Gasteiger partial charge >= 0.3 is 17.9 Å². The summed E-state index contributed by atoms with van der Waals surface area (Å²) < 4.78 is 18.8. The fourth-order valence-electron chi connectivity index (χ4n) is 1.65. The molecular weight excluding hydrogens is 268 g/mol. The Balaban J connectivity index is 3.63. The van der Waals surface area contributed by atoms with E-state index in [1.807, 2.05) is 0 Å². The van der Waals surface area contributed by atoms with Gasteiger partial charge in [-0.25, -0.2) is 14.4 Å². The highest BCUT2D eigenvalue weighted by atomic mass is 16.5. The van der Waals surface area contributed by atoms with Gasteiger partial charge in [-0.3, -0.25) is 0 Å². The Morgan fingerprint density at radius 2 is 1.20 bits per heavy atom. The van der Waals surface area contributed by atoms with Crippen molar-refractivity contribution in [1.82, 2.24) is 0 Å². The van der Waals surface area contributed by atoms with E-state index < -0.39 is 17.9 Å². The highest BCUT2D eigenvalue weighted by Gasteiger charge is 2.28. The molecule has 0 saturated heterocycles. The van der Waals surface area contributed by atoms with Crippen molar-refractivity contribution in [2.45, 2.75) is 0 Å². The van der Waals surface area contributed by atoms with Crippen molar-refractivity contribution in [2.24, 2.45) is 0 Å². The highest BCUT2D eigenvalue weighted by molar-refractivity contribution is 6.08. The summed E-state index contributed by atoms with van der Waals surface area (Å²) in [7, 11) is 4.76. The van der Waals surface area contributed by atoms with Crippen LogP contribution in [-0.2, 0) is 14.2 Å². The van der Waals surface area contributed by atoms with Crippen molar-refractivity contribution in [3.05, 3.63) is 28.8 Å². The lowest BCUT2D eigenvalue weighted by atomic mass is 10.0. The molecule has 7 heteroatoms. The average Bonchev–Trinajstić information content (AvgIpc) is 2.50. The first kappa shape index (κ1) is 15.5. The van der Waals surface area contributed by atoms with E-state index in [2.05, 4.69) is 14.2 Å². The van der Waals surface area contributed by atoms with Crippen molar-refractivity contribution in [2.75, 3.05) is 28.4 Å². The summed E-state index contributed by atoms with van der Waals surface area (Å²) in [5.74, 6) is -2.39. The number of esters is 3. The zero-order chi connectivity index (χ0) is 15.3. The topological polar surface area (TPSA) is 88.1 Å². The van der Waals surface area contributed by atoms with Gasteiger partial charge in [0.05, 0.1) is 34.0 Å². The molecule has 0 radical (unpaired) electrons. The Morgan fingerprint density at radius 1 is 0.750 bits per heavy atom. The molecule has 0 aliphatic heterocycles. The minimum absolute atomic E-state index is 0.00283. The van der Waals surface area contributed by atoms with Gasteiger partial charge in [0.15, 0.2) is 0 Å². The van der Waals surface area contributed by atoms with Crippen LogP contribution in [0.15, 0.2) is 12.1 Å². The molecule has 0 atom stereocenters. The Bertz CT molecular complexity index is 548. The smallest absolute Gasteiger partial charge is 0.342 e. The second-order valence-corrected chi connectivity index (χ2v) is 3.54. The van der Waals surface area contributed by atoms with E-state index in [9.17, 15) is 14.4 Å². The average molecular weight is 282 g/mol. The van der Waals surface area contributed by atoms with Crippen LogP contribution in [-0.4, -0.2) is 46.3 Å². The van der Waals surface area contributed by atoms with E-state index in [1.54, 1.807) is 0 Å². The standard InChI is InChI=1S/C13H14O7/c1-17-10-8(12(15)19-3)6-5-7(11(14)18-2)9(10)13(16)20-4/h5-6H,1-4H3. The molecule has 0 spiro atoms. The molecule has 0 aliphatic rings. The Morgan fingerprint density at radius 3 is 1.65 bits per heavy atom. The molecule has 108 valence electrons. The fraction of sp³-hybridized carbons (Fsp3) is 0.308. The van der Waals surface area contributed by atoms with Gasteiger partial charge < -0.3 is 18.9 Å². The maximum atomic E-state index is 11.8. The minimum Gasteiger partial charge on any atom is -0.495 e. The number of carbonyl (C=O) groups excluding carboxylic acids is 3. The van der Waals surface area contributed by atoms with Crippen LogP contribution in [0.2, 0.25) is 0 Å². The third-order valence-corrected chi connectivity index (χ3v) is 2.56. The van der Waals surface area contributed by atoms with E-state index in [0.717, 1.165) is 7.11 Å². The third kappa shape index (κ3) is 2.71. The van der Waals surface area contributed by atoms with Crippen LogP contribution in [0.1, 0.15) is 31.1 Å². The van der Waals surface area contributed by atoms with Gasteiger partial charge in [-0.1, -0.05) is 0 Å². The summed E-state index contributed by atoms with van der Waals surface area (Å²) in [4.78, 5) is 35.1. The molecule has 0 unspecified atom stereocenters. The van der Waals surface area contributed by atoms with Crippen LogP contribution in [0.25, 0.3) is 0 Å². The molecule has 0 N–H and O–H groups in total. The normalized spacial score (nSPS) is 9.60. The predicted octanol–water partition coefficient (Wildman–Crippen LogP) is 1.05. The van der Waals surface area contributed by atoms with Crippen LogP contribution in [0, 0.1) is 0 Å². The van der Waals surface area contributed by atoms with Crippen molar-refractivity contribution >= 4 is 17.9 Å². The molecular formula is C13H14O7. The second-order valence-electron chi connectivity index (χ2n) is 3.54. The Labute approximate surface area is 115 Å². The Kier molecular flexibility index (Phi) is 5.08. The summed E-state index contributed by atoms with van der Waals surface area (Å²) in [5.41, 5.74) is -0.253. The van der Waals surface area contributed by atoms with Crippen LogP contribution in [0.3, 0.4) is 0 Å². The maximum absolute atomic E-state index is 11.8. The molecule has 0 aliphatic carbocycles. The summed E-state index contributed by atoms with van der Waals surface area (Å²) in [6.07, 6.45) is 0.